The molecule has 0 amide bonds. The van der Waals surface area contributed by atoms with Gasteiger partial charge in [0.05, 0.1) is 0 Å². The lowest BCUT2D eigenvalue weighted by atomic mass is 10.0. The summed E-state index contributed by atoms with van der Waals surface area (Å²) in [5.74, 6) is 0. The molecule has 0 aromatic rings. The standard InChI is InChI=1S/C12H14.2C2H6/c1-3-8-11(2)12-9-6-4-5-7-10-12;2*1-2/h3-9H,1,10H2,2H3;2*1-2H3/b11-8+;;. The highest BCUT2D eigenvalue weighted by atomic mass is 14.0. The lowest BCUT2D eigenvalue weighted by molar-refractivity contribution is 1.21. The summed E-state index contributed by atoms with van der Waals surface area (Å²) in [5, 5.41) is 0. The highest BCUT2D eigenvalue weighted by Gasteiger charge is 1.96. The predicted octanol–water partition coefficient (Wildman–Crippen LogP) is 5.61. The van der Waals surface area contributed by atoms with Gasteiger partial charge in [0.25, 0.3) is 0 Å². The normalized spacial score (nSPS) is 13.6. The van der Waals surface area contributed by atoms with Crippen LogP contribution in [0.15, 0.2) is 60.3 Å². The highest BCUT2D eigenvalue weighted by molar-refractivity contribution is 5.38. The summed E-state index contributed by atoms with van der Waals surface area (Å²) in [7, 11) is 0. The molecule has 16 heavy (non-hydrogen) atoms. The van der Waals surface area contributed by atoms with E-state index >= 15 is 0 Å². The van der Waals surface area contributed by atoms with Crippen LogP contribution in [-0.2, 0) is 0 Å². The average Bonchev–Trinajstić information content (AvgIpc) is 2.63. The Morgan fingerprint density at radius 3 is 2.31 bits per heavy atom. The van der Waals surface area contributed by atoms with Crippen LogP contribution in [0.2, 0.25) is 0 Å². The largest absolute Gasteiger partial charge is 0.0991 e. The van der Waals surface area contributed by atoms with E-state index in [2.05, 4.69) is 37.8 Å². The first-order chi connectivity index (χ1) is 7.84. The topological polar surface area (TPSA) is 0 Å². The van der Waals surface area contributed by atoms with E-state index in [0.29, 0.717) is 0 Å². The Morgan fingerprint density at radius 2 is 1.75 bits per heavy atom. The molecule has 0 bridgehead atoms. The summed E-state index contributed by atoms with van der Waals surface area (Å²) in [4.78, 5) is 0. The van der Waals surface area contributed by atoms with E-state index in [9.17, 15) is 0 Å². The number of allylic oxidation sites excluding steroid dienone is 9. The van der Waals surface area contributed by atoms with Gasteiger partial charge >= 0.3 is 0 Å². The molecule has 1 aliphatic carbocycles. The molecule has 0 saturated carbocycles. The second-order valence-corrected chi connectivity index (χ2v) is 2.79. The first-order valence-electron chi connectivity index (χ1n) is 6.16. The third-order valence-electron chi connectivity index (χ3n) is 1.87. The Labute approximate surface area is 102 Å². The second kappa shape index (κ2) is 13.7. The van der Waals surface area contributed by atoms with Crippen molar-refractivity contribution in [3.05, 3.63) is 60.3 Å². The first kappa shape index (κ1) is 17.1. The fourth-order valence-corrected chi connectivity index (χ4v) is 1.15. The van der Waals surface area contributed by atoms with Crippen molar-refractivity contribution >= 4 is 0 Å². The van der Waals surface area contributed by atoms with E-state index in [-0.39, 0.29) is 0 Å². The van der Waals surface area contributed by atoms with Crippen LogP contribution in [0.25, 0.3) is 0 Å². The van der Waals surface area contributed by atoms with Crippen molar-refractivity contribution in [2.45, 2.75) is 41.0 Å². The van der Waals surface area contributed by atoms with Crippen LogP contribution in [0, 0.1) is 0 Å². The minimum Gasteiger partial charge on any atom is -0.0991 e. The Bertz CT molecular complexity index is 272. The maximum atomic E-state index is 3.68. The first-order valence-corrected chi connectivity index (χ1v) is 6.16. The molecule has 0 radical (unpaired) electrons. The van der Waals surface area contributed by atoms with Crippen LogP contribution in [0.3, 0.4) is 0 Å². The van der Waals surface area contributed by atoms with Crippen molar-refractivity contribution in [3.8, 4) is 0 Å². The molecule has 0 unspecified atom stereocenters. The van der Waals surface area contributed by atoms with Crippen molar-refractivity contribution in [2.24, 2.45) is 0 Å². The highest BCUT2D eigenvalue weighted by Crippen LogP contribution is 2.16. The number of rotatable bonds is 2. The molecule has 1 rings (SSSR count). The third-order valence-corrected chi connectivity index (χ3v) is 1.87. The summed E-state index contributed by atoms with van der Waals surface area (Å²) in [6.45, 7) is 13.8. The van der Waals surface area contributed by atoms with Gasteiger partial charge in [-0.1, -0.05) is 76.8 Å². The molecule has 0 spiro atoms. The van der Waals surface area contributed by atoms with Crippen LogP contribution in [-0.4, -0.2) is 0 Å². The van der Waals surface area contributed by atoms with Gasteiger partial charge in [-0.05, 0) is 24.5 Å². The lowest BCUT2D eigenvalue weighted by Gasteiger charge is -2.01. The third kappa shape index (κ3) is 8.05. The van der Waals surface area contributed by atoms with E-state index in [1.165, 1.54) is 11.1 Å². The molecule has 0 fully saturated rings. The molecule has 0 heteroatoms. The van der Waals surface area contributed by atoms with E-state index in [0.717, 1.165) is 6.42 Å². The van der Waals surface area contributed by atoms with Crippen LogP contribution in [0.4, 0.5) is 0 Å². The summed E-state index contributed by atoms with van der Waals surface area (Å²) >= 11 is 0. The molecule has 90 valence electrons. The zero-order chi connectivity index (χ0) is 12.8. The molecular formula is C16H26. The fourth-order valence-electron chi connectivity index (χ4n) is 1.15. The summed E-state index contributed by atoms with van der Waals surface area (Å²) in [6, 6.07) is 0. The Morgan fingerprint density at radius 1 is 1.12 bits per heavy atom. The van der Waals surface area contributed by atoms with Gasteiger partial charge < -0.3 is 0 Å². The van der Waals surface area contributed by atoms with E-state index in [4.69, 9.17) is 0 Å². The monoisotopic (exact) mass is 218 g/mol. The van der Waals surface area contributed by atoms with Crippen LogP contribution in [0.1, 0.15) is 41.0 Å². The number of hydrogen-bond acceptors (Lipinski definition) is 0. The van der Waals surface area contributed by atoms with Crippen molar-refractivity contribution in [2.75, 3.05) is 0 Å². The van der Waals surface area contributed by atoms with Gasteiger partial charge in [0.15, 0.2) is 0 Å². The summed E-state index contributed by atoms with van der Waals surface area (Å²) in [5.41, 5.74) is 2.65. The minimum atomic E-state index is 1.02. The average molecular weight is 218 g/mol. The van der Waals surface area contributed by atoms with Gasteiger partial charge in [-0.15, -0.1) is 0 Å². The van der Waals surface area contributed by atoms with Gasteiger partial charge in [0, 0.05) is 0 Å². The van der Waals surface area contributed by atoms with Gasteiger partial charge in [0.2, 0.25) is 0 Å². The fraction of sp³-hybridized carbons (Fsp3) is 0.375. The lowest BCUT2D eigenvalue weighted by Crippen LogP contribution is -1.82. The molecular weight excluding hydrogens is 192 g/mol. The van der Waals surface area contributed by atoms with Gasteiger partial charge in [-0.25, -0.2) is 0 Å². The maximum Gasteiger partial charge on any atom is -0.00917 e. The molecule has 1 aliphatic rings. The van der Waals surface area contributed by atoms with Crippen molar-refractivity contribution in [1.29, 1.82) is 0 Å². The number of hydrogen-bond donors (Lipinski definition) is 0. The van der Waals surface area contributed by atoms with Crippen LogP contribution in [0.5, 0.6) is 0 Å². The van der Waals surface area contributed by atoms with Crippen molar-refractivity contribution < 1.29 is 0 Å². The molecule has 0 aliphatic heterocycles. The molecule has 0 heterocycles. The zero-order valence-electron chi connectivity index (χ0n) is 11.5. The molecule has 0 aromatic carbocycles. The van der Waals surface area contributed by atoms with Crippen LogP contribution >= 0.6 is 0 Å². The Balaban J connectivity index is 0. The Hall–Kier alpha value is -1.30. The molecule has 0 N–H and O–H groups in total. The van der Waals surface area contributed by atoms with Gasteiger partial charge in [-0.2, -0.15) is 0 Å². The van der Waals surface area contributed by atoms with E-state index in [1.807, 2.05) is 45.9 Å². The summed E-state index contributed by atoms with van der Waals surface area (Å²) in [6.07, 6.45) is 15.4. The quantitative estimate of drug-likeness (QED) is 0.528. The SMILES string of the molecule is C=C/C=C(\C)C1=CC=CC=CC1.CC.CC. The second-order valence-electron chi connectivity index (χ2n) is 2.79. The smallest absolute Gasteiger partial charge is 0.00917 e. The molecule has 0 atom stereocenters. The molecule has 0 nitrogen and oxygen atoms in total. The van der Waals surface area contributed by atoms with Gasteiger partial charge in [-0.3, -0.25) is 0 Å². The van der Waals surface area contributed by atoms with Crippen LogP contribution < -0.4 is 0 Å². The zero-order valence-corrected chi connectivity index (χ0v) is 11.5. The predicted molar refractivity (Wildman–Crippen MR) is 77.6 cm³/mol. The summed E-state index contributed by atoms with van der Waals surface area (Å²) < 4.78 is 0. The molecule has 0 saturated heterocycles. The van der Waals surface area contributed by atoms with Crippen molar-refractivity contribution in [3.63, 3.8) is 0 Å². The Kier molecular flexibility index (Phi) is 14.6. The minimum absolute atomic E-state index is 1.02. The maximum absolute atomic E-state index is 3.68. The van der Waals surface area contributed by atoms with Crippen molar-refractivity contribution in [1.82, 2.24) is 0 Å². The van der Waals surface area contributed by atoms with Gasteiger partial charge in [0.1, 0.15) is 0 Å². The van der Waals surface area contributed by atoms with E-state index < -0.39 is 0 Å². The van der Waals surface area contributed by atoms with E-state index in [1.54, 1.807) is 0 Å². The molecule has 0 aromatic heterocycles.